The molecule has 0 spiro atoms. The minimum absolute atomic E-state index is 0. The molecule has 0 saturated heterocycles. The molecule has 4 nitrogen and oxygen atoms in total. The second-order valence-electron chi connectivity index (χ2n) is 7.43. The molecule has 1 N–H and O–H groups in total. The molecule has 0 aromatic rings. The van der Waals surface area contributed by atoms with E-state index in [2.05, 4.69) is 6.92 Å². The largest absolute Gasteiger partial charge is 1.00 e. The summed E-state index contributed by atoms with van der Waals surface area (Å²) in [6.45, 7) is 4.16. The van der Waals surface area contributed by atoms with Gasteiger partial charge in [0.25, 0.3) is 0 Å². The smallest absolute Gasteiger partial charge is 0.748 e. The van der Waals surface area contributed by atoms with E-state index in [0.29, 0.717) is 12.8 Å². The van der Waals surface area contributed by atoms with Gasteiger partial charge in [0.05, 0.1) is 16.2 Å². The SMILES string of the molecule is CCCCCCCC(CCCCCCCCCC(O)CC)S(=O)(=O)[O-].[K+]. The normalized spacial score (nSPS) is 14.0. The summed E-state index contributed by atoms with van der Waals surface area (Å²) in [6.07, 6.45) is 15.6. The Morgan fingerprint density at radius 2 is 1.12 bits per heavy atom. The summed E-state index contributed by atoms with van der Waals surface area (Å²) in [5.74, 6) is 0. The molecule has 0 aromatic heterocycles. The monoisotopic (exact) mass is 416 g/mol. The summed E-state index contributed by atoms with van der Waals surface area (Å²) >= 11 is 0. The van der Waals surface area contributed by atoms with Crippen molar-refractivity contribution in [3.05, 3.63) is 0 Å². The molecule has 0 aromatic carbocycles. The van der Waals surface area contributed by atoms with Crippen molar-refractivity contribution in [3.63, 3.8) is 0 Å². The number of aliphatic hydroxyl groups excluding tert-OH is 1. The topological polar surface area (TPSA) is 77.4 Å². The van der Waals surface area contributed by atoms with Crippen LogP contribution in [0.2, 0.25) is 0 Å². The summed E-state index contributed by atoms with van der Waals surface area (Å²) < 4.78 is 34.2. The fraction of sp³-hybridized carbons (Fsp3) is 1.00. The average Bonchev–Trinajstić information content (AvgIpc) is 2.56. The molecule has 0 aliphatic carbocycles. The first-order valence-corrected chi connectivity index (χ1v) is 12.0. The second kappa shape index (κ2) is 19.8. The first kappa shape index (κ1) is 29.7. The Labute approximate surface area is 205 Å². The van der Waals surface area contributed by atoms with E-state index >= 15 is 0 Å². The number of hydrogen-bond acceptors (Lipinski definition) is 4. The van der Waals surface area contributed by atoms with Crippen molar-refractivity contribution in [1.29, 1.82) is 0 Å². The fourth-order valence-electron chi connectivity index (χ4n) is 3.25. The van der Waals surface area contributed by atoms with Gasteiger partial charge in [0, 0.05) is 5.25 Å². The maximum atomic E-state index is 11.4. The Balaban J connectivity index is 0. The van der Waals surface area contributed by atoms with Gasteiger partial charge in [0.15, 0.2) is 0 Å². The molecule has 0 saturated carbocycles. The molecule has 0 bridgehead atoms. The first-order valence-electron chi connectivity index (χ1n) is 10.5. The van der Waals surface area contributed by atoms with E-state index in [4.69, 9.17) is 0 Å². The predicted molar refractivity (Wildman–Crippen MR) is 105 cm³/mol. The third kappa shape index (κ3) is 18.9. The van der Waals surface area contributed by atoms with Gasteiger partial charge in [-0.1, -0.05) is 90.9 Å². The molecular formula is C20H41KO4S. The molecule has 0 radical (unpaired) electrons. The maximum absolute atomic E-state index is 11.4. The van der Waals surface area contributed by atoms with E-state index in [1.165, 1.54) is 19.3 Å². The van der Waals surface area contributed by atoms with Gasteiger partial charge in [-0.25, -0.2) is 8.42 Å². The molecule has 2 atom stereocenters. The van der Waals surface area contributed by atoms with Gasteiger partial charge >= 0.3 is 51.4 Å². The third-order valence-electron chi connectivity index (χ3n) is 5.07. The van der Waals surface area contributed by atoms with Crippen LogP contribution in [0.15, 0.2) is 0 Å². The zero-order chi connectivity index (χ0) is 19.0. The van der Waals surface area contributed by atoms with Gasteiger partial charge < -0.3 is 9.66 Å². The standard InChI is InChI=1S/C20H42O4S.K/c1-3-5-6-10-14-17-20(25(22,23)24)18-15-12-9-7-8-11-13-16-19(21)4-2;/h19-21H,3-18H2,1-2H3,(H,22,23,24);/q;+1/p-1. The summed E-state index contributed by atoms with van der Waals surface area (Å²) in [5, 5.41) is 8.80. The number of rotatable bonds is 18. The van der Waals surface area contributed by atoms with Crippen molar-refractivity contribution in [3.8, 4) is 0 Å². The molecule has 2 unspecified atom stereocenters. The van der Waals surface area contributed by atoms with E-state index in [1.54, 1.807) is 0 Å². The van der Waals surface area contributed by atoms with E-state index in [-0.39, 0.29) is 57.5 Å². The second-order valence-corrected chi connectivity index (χ2v) is 9.08. The fourth-order valence-corrected chi connectivity index (χ4v) is 4.16. The van der Waals surface area contributed by atoms with E-state index < -0.39 is 15.4 Å². The van der Waals surface area contributed by atoms with Crippen LogP contribution in [0.4, 0.5) is 0 Å². The van der Waals surface area contributed by atoms with Crippen molar-refractivity contribution in [2.24, 2.45) is 0 Å². The number of unbranched alkanes of at least 4 members (excludes halogenated alkanes) is 10. The summed E-state index contributed by atoms with van der Waals surface area (Å²) in [4.78, 5) is 0. The molecule has 0 amide bonds. The van der Waals surface area contributed by atoms with Crippen molar-refractivity contribution < 1.29 is 69.5 Å². The summed E-state index contributed by atoms with van der Waals surface area (Å²) in [7, 11) is -4.15. The van der Waals surface area contributed by atoms with Crippen LogP contribution in [0.3, 0.4) is 0 Å². The Morgan fingerprint density at radius 3 is 1.50 bits per heavy atom. The van der Waals surface area contributed by atoms with Crippen LogP contribution < -0.4 is 51.4 Å². The molecule has 0 rings (SSSR count). The van der Waals surface area contributed by atoms with E-state index in [0.717, 1.165) is 70.6 Å². The van der Waals surface area contributed by atoms with Crippen LogP contribution in [0.5, 0.6) is 0 Å². The quantitative estimate of drug-likeness (QED) is 0.212. The molecule has 0 aliphatic rings. The Hall–Kier alpha value is 1.51. The molecule has 26 heavy (non-hydrogen) atoms. The predicted octanol–water partition coefficient (Wildman–Crippen LogP) is 2.55. The van der Waals surface area contributed by atoms with Crippen LogP contribution in [0.25, 0.3) is 0 Å². The first-order chi connectivity index (χ1) is 11.9. The van der Waals surface area contributed by atoms with Gasteiger partial charge in [0.2, 0.25) is 0 Å². The molecule has 0 aliphatic heterocycles. The molecule has 0 heterocycles. The van der Waals surface area contributed by atoms with Gasteiger partial charge in [-0.3, -0.25) is 0 Å². The van der Waals surface area contributed by atoms with Crippen LogP contribution in [0.1, 0.15) is 117 Å². The van der Waals surface area contributed by atoms with Crippen LogP contribution in [-0.4, -0.2) is 29.4 Å². The molecule has 0 fully saturated rings. The minimum atomic E-state index is -4.15. The van der Waals surface area contributed by atoms with Gasteiger partial charge in [-0.2, -0.15) is 0 Å². The van der Waals surface area contributed by atoms with E-state index in [1.807, 2.05) is 6.92 Å². The van der Waals surface area contributed by atoms with Gasteiger partial charge in [-0.05, 0) is 25.7 Å². The van der Waals surface area contributed by atoms with Crippen molar-refractivity contribution in [2.45, 2.75) is 128 Å². The Bertz CT molecular complexity index is 387. The zero-order valence-electron chi connectivity index (χ0n) is 17.5. The van der Waals surface area contributed by atoms with Crippen LogP contribution in [-0.2, 0) is 10.1 Å². The number of aliphatic hydroxyl groups is 1. The molecule has 6 heteroatoms. The van der Waals surface area contributed by atoms with Crippen LogP contribution in [0, 0.1) is 0 Å². The number of hydrogen-bond donors (Lipinski definition) is 1. The maximum Gasteiger partial charge on any atom is 1.00 e. The van der Waals surface area contributed by atoms with Crippen molar-refractivity contribution >= 4 is 10.1 Å². The Morgan fingerprint density at radius 1 is 0.731 bits per heavy atom. The summed E-state index contributed by atoms with van der Waals surface area (Å²) in [5.41, 5.74) is 0. The van der Waals surface area contributed by atoms with Crippen molar-refractivity contribution in [2.75, 3.05) is 0 Å². The zero-order valence-corrected chi connectivity index (χ0v) is 21.5. The minimum Gasteiger partial charge on any atom is -0.748 e. The van der Waals surface area contributed by atoms with E-state index in [9.17, 15) is 18.1 Å². The Kier molecular flexibility index (Phi) is 22.6. The average molecular weight is 417 g/mol. The van der Waals surface area contributed by atoms with Gasteiger partial charge in [-0.15, -0.1) is 0 Å². The van der Waals surface area contributed by atoms with Crippen LogP contribution >= 0.6 is 0 Å². The summed E-state index contributed by atoms with van der Waals surface area (Å²) in [6, 6.07) is 0. The molecule has 152 valence electrons. The van der Waals surface area contributed by atoms with Gasteiger partial charge in [0.1, 0.15) is 0 Å². The van der Waals surface area contributed by atoms with Crippen molar-refractivity contribution in [1.82, 2.24) is 0 Å². The molecular weight excluding hydrogens is 375 g/mol. The third-order valence-corrected chi connectivity index (χ3v) is 6.36.